The number of aliphatic hydroxyl groups is 1. The zero-order valence-corrected chi connectivity index (χ0v) is 7.08. The predicted molar refractivity (Wildman–Crippen MR) is 44.2 cm³/mol. The number of ether oxygens (including phenoxy) is 1. The standard InChI is InChI=1S/C8H15NO2/c1-4-5-9(2)6-8(10)7-11-3/h1,8,10H,5-7H2,2-3H3. The lowest BCUT2D eigenvalue weighted by Gasteiger charge is -2.17. The van der Waals surface area contributed by atoms with Crippen LogP contribution in [0.15, 0.2) is 0 Å². The average molecular weight is 157 g/mol. The fraction of sp³-hybridized carbons (Fsp3) is 0.750. The van der Waals surface area contributed by atoms with Crippen molar-refractivity contribution < 1.29 is 9.84 Å². The largest absolute Gasteiger partial charge is 0.389 e. The molecule has 0 aromatic heterocycles. The monoisotopic (exact) mass is 157 g/mol. The van der Waals surface area contributed by atoms with E-state index in [0.717, 1.165) is 0 Å². The van der Waals surface area contributed by atoms with Crippen LogP contribution in [0.2, 0.25) is 0 Å². The molecule has 0 bridgehead atoms. The second-order valence-corrected chi connectivity index (χ2v) is 2.51. The Balaban J connectivity index is 3.41. The first kappa shape index (κ1) is 10.4. The van der Waals surface area contributed by atoms with E-state index in [1.165, 1.54) is 0 Å². The summed E-state index contributed by atoms with van der Waals surface area (Å²) in [5.74, 6) is 2.49. The van der Waals surface area contributed by atoms with Crippen molar-refractivity contribution in [3.05, 3.63) is 0 Å². The number of aliphatic hydroxyl groups excluding tert-OH is 1. The van der Waals surface area contributed by atoms with E-state index in [2.05, 4.69) is 5.92 Å². The molecule has 0 heterocycles. The van der Waals surface area contributed by atoms with E-state index < -0.39 is 6.10 Å². The first-order valence-electron chi connectivity index (χ1n) is 3.49. The van der Waals surface area contributed by atoms with E-state index in [9.17, 15) is 5.11 Å². The molecule has 0 saturated carbocycles. The third-order valence-corrected chi connectivity index (χ3v) is 1.24. The number of nitrogens with zero attached hydrogens (tertiary/aromatic N) is 1. The van der Waals surface area contributed by atoms with Crippen molar-refractivity contribution in [3.8, 4) is 12.3 Å². The van der Waals surface area contributed by atoms with Gasteiger partial charge in [-0.25, -0.2) is 0 Å². The van der Waals surface area contributed by atoms with Crippen LogP contribution >= 0.6 is 0 Å². The Morgan fingerprint density at radius 2 is 2.36 bits per heavy atom. The van der Waals surface area contributed by atoms with Gasteiger partial charge in [0.2, 0.25) is 0 Å². The van der Waals surface area contributed by atoms with Crippen molar-refractivity contribution in [2.75, 3.05) is 33.9 Å². The average Bonchev–Trinajstić information content (AvgIpc) is 1.87. The van der Waals surface area contributed by atoms with Crippen molar-refractivity contribution in [1.82, 2.24) is 4.90 Å². The fourth-order valence-corrected chi connectivity index (χ4v) is 0.825. The molecule has 0 spiro atoms. The van der Waals surface area contributed by atoms with Gasteiger partial charge in [-0.2, -0.15) is 0 Å². The Morgan fingerprint density at radius 3 is 2.82 bits per heavy atom. The summed E-state index contributed by atoms with van der Waals surface area (Å²) in [6.45, 7) is 1.47. The van der Waals surface area contributed by atoms with Crippen molar-refractivity contribution in [2.45, 2.75) is 6.10 Å². The van der Waals surface area contributed by atoms with Gasteiger partial charge in [-0.1, -0.05) is 5.92 Å². The van der Waals surface area contributed by atoms with Gasteiger partial charge in [0.25, 0.3) is 0 Å². The second kappa shape index (κ2) is 6.17. The third-order valence-electron chi connectivity index (χ3n) is 1.24. The van der Waals surface area contributed by atoms with Crippen LogP contribution in [0.5, 0.6) is 0 Å². The molecule has 1 unspecified atom stereocenters. The minimum atomic E-state index is -0.446. The summed E-state index contributed by atoms with van der Waals surface area (Å²) in [5.41, 5.74) is 0. The number of rotatable bonds is 5. The maximum atomic E-state index is 9.21. The summed E-state index contributed by atoms with van der Waals surface area (Å²) in [4.78, 5) is 1.86. The fourth-order valence-electron chi connectivity index (χ4n) is 0.825. The Labute approximate surface area is 68.0 Å². The molecule has 3 nitrogen and oxygen atoms in total. The predicted octanol–water partition coefficient (Wildman–Crippen LogP) is -0.441. The molecule has 1 N–H and O–H groups in total. The normalized spacial score (nSPS) is 13.0. The zero-order chi connectivity index (χ0) is 8.69. The summed E-state index contributed by atoms with van der Waals surface area (Å²) >= 11 is 0. The van der Waals surface area contributed by atoms with E-state index in [1.807, 2.05) is 11.9 Å². The van der Waals surface area contributed by atoms with Gasteiger partial charge in [0.1, 0.15) is 0 Å². The molecule has 3 heteroatoms. The minimum Gasteiger partial charge on any atom is -0.389 e. The Morgan fingerprint density at radius 1 is 1.73 bits per heavy atom. The SMILES string of the molecule is C#CCN(C)CC(O)COC. The molecule has 64 valence electrons. The number of terminal acetylenes is 1. The first-order valence-corrected chi connectivity index (χ1v) is 3.49. The highest BCUT2D eigenvalue weighted by Crippen LogP contribution is 1.88. The van der Waals surface area contributed by atoms with Crippen molar-refractivity contribution >= 4 is 0 Å². The van der Waals surface area contributed by atoms with Crippen LogP contribution in [0, 0.1) is 12.3 Å². The van der Waals surface area contributed by atoms with E-state index >= 15 is 0 Å². The number of hydrogen-bond donors (Lipinski definition) is 1. The molecule has 0 amide bonds. The van der Waals surface area contributed by atoms with Crippen LogP contribution in [0.1, 0.15) is 0 Å². The Hall–Kier alpha value is -0.560. The summed E-state index contributed by atoms with van der Waals surface area (Å²) in [6.07, 6.45) is 4.63. The van der Waals surface area contributed by atoms with Gasteiger partial charge in [0, 0.05) is 13.7 Å². The van der Waals surface area contributed by atoms with Crippen molar-refractivity contribution in [3.63, 3.8) is 0 Å². The number of hydrogen-bond acceptors (Lipinski definition) is 3. The highest BCUT2D eigenvalue weighted by Gasteiger charge is 2.05. The summed E-state index contributed by atoms with van der Waals surface area (Å²) in [6, 6.07) is 0. The topological polar surface area (TPSA) is 32.7 Å². The molecule has 0 radical (unpaired) electrons. The van der Waals surface area contributed by atoms with Crippen LogP contribution < -0.4 is 0 Å². The van der Waals surface area contributed by atoms with Crippen molar-refractivity contribution in [1.29, 1.82) is 0 Å². The molecule has 0 aliphatic heterocycles. The quantitative estimate of drug-likeness (QED) is 0.549. The molecular weight excluding hydrogens is 142 g/mol. The lowest BCUT2D eigenvalue weighted by molar-refractivity contribution is 0.0458. The second-order valence-electron chi connectivity index (χ2n) is 2.51. The lowest BCUT2D eigenvalue weighted by atomic mass is 10.3. The summed E-state index contributed by atoms with van der Waals surface area (Å²) in [7, 11) is 3.42. The summed E-state index contributed by atoms with van der Waals surface area (Å²) in [5, 5.41) is 9.21. The lowest BCUT2D eigenvalue weighted by Crippen LogP contribution is -2.32. The minimum absolute atomic E-state index is 0.356. The molecule has 0 fully saturated rings. The molecule has 0 rings (SSSR count). The molecule has 0 aliphatic carbocycles. The van der Waals surface area contributed by atoms with Crippen LogP contribution in [-0.4, -0.2) is 50.0 Å². The van der Waals surface area contributed by atoms with Gasteiger partial charge in [-0.05, 0) is 7.05 Å². The van der Waals surface area contributed by atoms with E-state index in [-0.39, 0.29) is 0 Å². The van der Waals surface area contributed by atoms with E-state index in [0.29, 0.717) is 19.7 Å². The third kappa shape index (κ3) is 5.86. The molecular formula is C8H15NO2. The van der Waals surface area contributed by atoms with Crippen LogP contribution in [0.25, 0.3) is 0 Å². The maximum absolute atomic E-state index is 9.21. The first-order chi connectivity index (χ1) is 5.20. The Kier molecular flexibility index (Phi) is 5.86. The van der Waals surface area contributed by atoms with E-state index in [4.69, 9.17) is 11.2 Å². The van der Waals surface area contributed by atoms with Gasteiger partial charge in [0.15, 0.2) is 0 Å². The van der Waals surface area contributed by atoms with Crippen LogP contribution in [0.4, 0.5) is 0 Å². The zero-order valence-electron chi connectivity index (χ0n) is 7.08. The highest BCUT2D eigenvalue weighted by molar-refractivity contribution is 4.87. The van der Waals surface area contributed by atoms with Gasteiger partial charge in [0.05, 0.1) is 19.3 Å². The molecule has 0 saturated heterocycles. The van der Waals surface area contributed by atoms with Gasteiger partial charge >= 0.3 is 0 Å². The summed E-state index contributed by atoms with van der Waals surface area (Å²) < 4.78 is 4.75. The van der Waals surface area contributed by atoms with Crippen LogP contribution in [-0.2, 0) is 4.74 Å². The molecule has 11 heavy (non-hydrogen) atoms. The van der Waals surface area contributed by atoms with Gasteiger partial charge in [-0.15, -0.1) is 6.42 Å². The number of likely N-dealkylation sites (N-methyl/N-ethyl adjacent to an activating group) is 1. The smallest absolute Gasteiger partial charge is 0.0900 e. The Bertz CT molecular complexity index is 131. The maximum Gasteiger partial charge on any atom is 0.0900 e. The molecule has 0 aromatic carbocycles. The molecule has 1 atom stereocenters. The van der Waals surface area contributed by atoms with Crippen LogP contribution in [0.3, 0.4) is 0 Å². The molecule has 0 aromatic rings. The number of methoxy groups -OCH3 is 1. The van der Waals surface area contributed by atoms with Gasteiger partial charge < -0.3 is 9.84 Å². The van der Waals surface area contributed by atoms with Crippen molar-refractivity contribution in [2.24, 2.45) is 0 Å². The highest BCUT2D eigenvalue weighted by atomic mass is 16.5. The van der Waals surface area contributed by atoms with E-state index in [1.54, 1.807) is 7.11 Å². The molecule has 0 aliphatic rings. The van der Waals surface area contributed by atoms with Gasteiger partial charge in [-0.3, -0.25) is 4.90 Å².